The predicted octanol–water partition coefficient (Wildman–Crippen LogP) is 3.64. The lowest BCUT2D eigenvalue weighted by atomic mass is 10.1. The van der Waals surface area contributed by atoms with Crippen molar-refractivity contribution in [2.45, 2.75) is 77.2 Å². The Morgan fingerprint density at radius 2 is 1.69 bits per heavy atom. The Morgan fingerprint density at radius 1 is 1.03 bits per heavy atom. The van der Waals surface area contributed by atoms with Crippen molar-refractivity contribution >= 4 is 17.8 Å². The number of methoxy groups -OCH3 is 1. The van der Waals surface area contributed by atoms with Crippen LogP contribution >= 0.6 is 0 Å². The van der Waals surface area contributed by atoms with Gasteiger partial charge in [0, 0.05) is 13.1 Å². The van der Waals surface area contributed by atoms with Crippen molar-refractivity contribution in [1.82, 2.24) is 10.2 Å². The molecule has 1 unspecified atom stereocenters. The first-order valence-electron chi connectivity index (χ1n) is 11.9. The Labute approximate surface area is 191 Å². The SMILES string of the molecule is CCCCCCCCCCOC(=O)CC1C(=O)NCCN1C(=O)Cc1ccc(OC)cc1. The second-order valence-corrected chi connectivity index (χ2v) is 8.32. The maximum absolute atomic E-state index is 12.8. The molecule has 7 heteroatoms. The fourth-order valence-corrected chi connectivity index (χ4v) is 3.87. The number of piperazine rings is 1. The van der Waals surface area contributed by atoms with Crippen LogP contribution in [0.4, 0.5) is 0 Å². The molecule has 1 fully saturated rings. The van der Waals surface area contributed by atoms with Gasteiger partial charge in [-0.15, -0.1) is 0 Å². The summed E-state index contributed by atoms with van der Waals surface area (Å²) in [5.74, 6) is -0.192. The Kier molecular flexibility index (Phi) is 11.6. The zero-order valence-corrected chi connectivity index (χ0v) is 19.6. The van der Waals surface area contributed by atoms with Gasteiger partial charge >= 0.3 is 5.97 Å². The highest BCUT2D eigenvalue weighted by atomic mass is 16.5. The van der Waals surface area contributed by atoms with E-state index in [1.54, 1.807) is 19.2 Å². The van der Waals surface area contributed by atoms with Crippen LogP contribution in [0.3, 0.4) is 0 Å². The van der Waals surface area contributed by atoms with E-state index in [2.05, 4.69) is 12.2 Å². The fraction of sp³-hybridized carbons (Fsp3) is 0.640. The number of carbonyl (C=O) groups excluding carboxylic acids is 3. The molecule has 0 bridgehead atoms. The van der Waals surface area contributed by atoms with E-state index in [9.17, 15) is 14.4 Å². The first kappa shape index (κ1) is 25.7. The minimum absolute atomic E-state index is 0.114. The van der Waals surface area contributed by atoms with Crippen LogP contribution in [-0.4, -0.2) is 55.5 Å². The molecule has 1 heterocycles. The molecule has 178 valence electrons. The van der Waals surface area contributed by atoms with Gasteiger partial charge in [-0.25, -0.2) is 0 Å². The number of nitrogens with zero attached hydrogens (tertiary/aromatic N) is 1. The van der Waals surface area contributed by atoms with Gasteiger partial charge in [-0.3, -0.25) is 14.4 Å². The van der Waals surface area contributed by atoms with Crippen LogP contribution in [0.5, 0.6) is 5.75 Å². The smallest absolute Gasteiger partial charge is 0.308 e. The van der Waals surface area contributed by atoms with Crippen LogP contribution in [-0.2, 0) is 25.5 Å². The molecule has 0 aromatic heterocycles. The Bertz CT molecular complexity index is 720. The second kappa shape index (κ2) is 14.5. The van der Waals surface area contributed by atoms with E-state index in [1.165, 1.54) is 37.0 Å². The Hall–Kier alpha value is -2.57. The molecule has 32 heavy (non-hydrogen) atoms. The van der Waals surface area contributed by atoms with E-state index in [0.29, 0.717) is 19.7 Å². The molecule has 1 aliphatic heterocycles. The van der Waals surface area contributed by atoms with E-state index in [-0.39, 0.29) is 24.7 Å². The normalized spacial score (nSPS) is 15.9. The van der Waals surface area contributed by atoms with Gasteiger partial charge in [0.2, 0.25) is 11.8 Å². The summed E-state index contributed by atoms with van der Waals surface area (Å²) >= 11 is 0. The third kappa shape index (κ3) is 8.89. The lowest BCUT2D eigenvalue weighted by molar-refractivity contribution is -0.151. The molecule has 0 spiro atoms. The van der Waals surface area contributed by atoms with Crippen LogP contribution in [0.2, 0.25) is 0 Å². The summed E-state index contributed by atoms with van der Waals surface area (Å²) in [5, 5.41) is 2.75. The number of benzene rings is 1. The molecule has 0 radical (unpaired) electrons. The molecule has 1 N–H and O–H groups in total. The van der Waals surface area contributed by atoms with Crippen LogP contribution in [0, 0.1) is 0 Å². The van der Waals surface area contributed by atoms with Crippen molar-refractivity contribution in [2.24, 2.45) is 0 Å². The summed E-state index contributed by atoms with van der Waals surface area (Å²) in [4.78, 5) is 39.0. The van der Waals surface area contributed by atoms with E-state index >= 15 is 0 Å². The zero-order chi connectivity index (χ0) is 23.2. The number of hydrogen-bond donors (Lipinski definition) is 1. The first-order chi connectivity index (χ1) is 15.5. The summed E-state index contributed by atoms with van der Waals surface area (Å²) < 4.78 is 10.5. The van der Waals surface area contributed by atoms with Gasteiger partial charge in [-0.2, -0.15) is 0 Å². The average Bonchev–Trinajstić information content (AvgIpc) is 2.79. The number of rotatable bonds is 14. The number of carbonyl (C=O) groups is 3. The molecule has 1 atom stereocenters. The van der Waals surface area contributed by atoms with E-state index < -0.39 is 12.0 Å². The first-order valence-corrected chi connectivity index (χ1v) is 11.9. The molecule has 2 rings (SSSR count). The highest BCUT2D eigenvalue weighted by Gasteiger charge is 2.35. The van der Waals surface area contributed by atoms with Crippen molar-refractivity contribution in [3.05, 3.63) is 29.8 Å². The Morgan fingerprint density at radius 3 is 2.34 bits per heavy atom. The van der Waals surface area contributed by atoms with Crippen molar-refractivity contribution in [3.63, 3.8) is 0 Å². The van der Waals surface area contributed by atoms with Gasteiger partial charge in [0.05, 0.1) is 26.6 Å². The topological polar surface area (TPSA) is 84.9 Å². The largest absolute Gasteiger partial charge is 0.497 e. The molecule has 1 aromatic carbocycles. The molecular formula is C25H38N2O5. The third-order valence-electron chi connectivity index (χ3n) is 5.79. The minimum Gasteiger partial charge on any atom is -0.497 e. The lowest BCUT2D eigenvalue weighted by Gasteiger charge is -2.34. The maximum Gasteiger partial charge on any atom is 0.308 e. The number of nitrogens with one attached hydrogen (secondary N) is 1. The quantitative estimate of drug-likeness (QED) is 0.348. The van der Waals surface area contributed by atoms with Crippen molar-refractivity contribution in [1.29, 1.82) is 0 Å². The molecule has 2 amide bonds. The molecular weight excluding hydrogens is 408 g/mol. The number of hydrogen-bond acceptors (Lipinski definition) is 5. The van der Waals surface area contributed by atoms with Crippen LogP contribution in [0.25, 0.3) is 0 Å². The van der Waals surface area contributed by atoms with E-state index in [4.69, 9.17) is 9.47 Å². The molecule has 1 aliphatic rings. The molecule has 1 saturated heterocycles. The highest BCUT2D eigenvalue weighted by Crippen LogP contribution is 2.16. The summed E-state index contributed by atoms with van der Waals surface area (Å²) in [5.41, 5.74) is 0.831. The van der Waals surface area contributed by atoms with Gasteiger partial charge in [-0.05, 0) is 24.1 Å². The Balaban J connectivity index is 1.75. The van der Waals surface area contributed by atoms with Gasteiger partial charge < -0.3 is 19.7 Å². The fourth-order valence-electron chi connectivity index (χ4n) is 3.87. The average molecular weight is 447 g/mol. The van der Waals surface area contributed by atoms with E-state index in [1.807, 2.05) is 12.1 Å². The molecule has 0 aliphatic carbocycles. The third-order valence-corrected chi connectivity index (χ3v) is 5.79. The van der Waals surface area contributed by atoms with Crippen molar-refractivity contribution in [3.8, 4) is 5.75 Å². The van der Waals surface area contributed by atoms with Gasteiger partial charge in [0.15, 0.2) is 0 Å². The second-order valence-electron chi connectivity index (χ2n) is 8.32. The summed E-state index contributed by atoms with van der Waals surface area (Å²) in [7, 11) is 1.59. The summed E-state index contributed by atoms with van der Waals surface area (Å²) in [6.45, 7) is 3.34. The molecule has 7 nitrogen and oxygen atoms in total. The van der Waals surface area contributed by atoms with Crippen LogP contribution < -0.4 is 10.1 Å². The number of esters is 1. The van der Waals surface area contributed by atoms with E-state index in [0.717, 1.165) is 30.6 Å². The molecule has 0 saturated carbocycles. The standard InChI is InChI=1S/C25H38N2O5/c1-3-4-5-6-7-8-9-10-17-32-24(29)19-22-25(30)26-15-16-27(22)23(28)18-20-11-13-21(31-2)14-12-20/h11-14,22H,3-10,15-19H2,1-2H3,(H,26,30). The van der Waals surface area contributed by atoms with Gasteiger partial charge in [0.25, 0.3) is 0 Å². The van der Waals surface area contributed by atoms with Crippen LogP contribution in [0.15, 0.2) is 24.3 Å². The zero-order valence-electron chi connectivity index (χ0n) is 19.6. The van der Waals surface area contributed by atoms with Gasteiger partial charge in [-0.1, -0.05) is 64.0 Å². The molecule has 1 aromatic rings. The maximum atomic E-state index is 12.8. The predicted molar refractivity (Wildman–Crippen MR) is 123 cm³/mol. The minimum atomic E-state index is -0.819. The number of unbranched alkanes of at least 4 members (excludes halogenated alkanes) is 7. The van der Waals surface area contributed by atoms with Crippen molar-refractivity contribution < 1.29 is 23.9 Å². The van der Waals surface area contributed by atoms with Gasteiger partial charge in [0.1, 0.15) is 11.8 Å². The van der Waals surface area contributed by atoms with Crippen molar-refractivity contribution in [2.75, 3.05) is 26.8 Å². The lowest BCUT2D eigenvalue weighted by Crippen LogP contribution is -2.58. The number of ether oxygens (including phenoxy) is 2. The van der Waals surface area contributed by atoms with Crippen LogP contribution in [0.1, 0.15) is 70.3 Å². The monoisotopic (exact) mass is 446 g/mol. The summed E-state index contributed by atoms with van der Waals surface area (Å²) in [6.07, 6.45) is 9.41. The number of amides is 2. The summed E-state index contributed by atoms with van der Waals surface area (Å²) in [6, 6.07) is 6.43. The highest BCUT2D eigenvalue weighted by molar-refractivity contribution is 5.92.